The molecule has 1 aromatic heterocycles. The first-order chi connectivity index (χ1) is 10.1. The Balaban J connectivity index is 2.13. The molecule has 0 aliphatic heterocycles. The first kappa shape index (κ1) is 15.7. The van der Waals surface area contributed by atoms with Gasteiger partial charge in [-0.25, -0.2) is 0 Å². The van der Waals surface area contributed by atoms with Crippen molar-refractivity contribution in [1.82, 2.24) is 10.2 Å². The van der Waals surface area contributed by atoms with E-state index in [0.29, 0.717) is 24.7 Å². The van der Waals surface area contributed by atoms with Gasteiger partial charge in [0.2, 0.25) is 9.47 Å². The first-order valence-electron chi connectivity index (χ1n) is 6.13. The number of halogens is 1. The minimum atomic E-state index is -0.375. The van der Waals surface area contributed by atoms with Crippen molar-refractivity contribution in [2.75, 3.05) is 25.6 Å². The van der Waals surface area contributed by atoms with Crippen LogP contribution in [0.4, 0.5) is 5.69 Å². The second-order valence-electron chi connectivity index (χ2n) is 4.16. The molecule has 0 unspecified atom stereocenters. The molecule has 112 valence electrons. The molecule has 0 aliphatic carbocycles. The number of anilines is 1. The van der Waals surface area contributed by atoms with Crippen molar-refractivity contribution in [3.8, 4) is 5.75 Å². The Morgan fingerprint density at radius 3 is 2.86 bits per heavy atom. The van der Waals surface area contributed by atoms with Crippen molar-refractivity contribution in [1.29, 1.82) is 0 Å². The van der Waals surface area contributed by atoms with Crippen molar-refractivity contribution < 1.29 is 14.3 Å². The molecule has 0 aliphatic rings. The number of carbonyl (C=O) groups excluding carboxylic acids is 1. The number of aryl methyl sites for hydroxylation is 1. The maximum absolute atomic E-state index is 12.1. The third kappa shape index (κ3) is 4.38. The molecule has 6 nitrogen and oxygen atoms in total. The highest BCUT2D eigenvalue weighted by atomic mass is 35.5. The van der Waals surface area contributed by atoms with Gasteiger partial charge in [0.25, 0.3) is 5.91 Å². The minimum absolute atomic E-state index is 0.198. The summed E-state index contributed by atoms with van der Waals surface area (Å²) in [6.07, 6.45) is 0. The number of aromatic nitrogens is 2. The largest absolute Gasteiger partial charge is 0.489 e. The molecule has 21 heavy (non-hydrogen) atoms. The molecule has 1 amide bonds. The lowest BCUT2D eigenvalue weighted by molar-refractivity contribution is 0.102. The van der Waals surface area contributed by atoms with E-state index >= 15 is 0 Å². The van der Waals surface area contributed by atoms with E-state index in [4.69, 9.17) is 21.1 Å². The first-order valence-corrected chi connectivity index (χ1v) is 7.32. The van der Waals surface area contributed by atoms with Crippen LogP contribution in [0.15, 0.2) is 18.2 Å². The van der Waals surface area contributed by atoms with Crippen molar-refractivity contribution in [2.24, 2.45) is 0 Å². The normalized spacial score (nSPS) is 10.4. The van der Waals surface area contributed by atoms with E-state index in [2.05, 4.69) is 15.5 Å². The molecule has 0 spiro atoms. The SMILES string of the molecule is COCCOc1cc(C)ccc1NC(=O)c1nnc(Cl)s1. The quantitative estimate of drug-likeness (QED) is 0.826. The molecule has 0 saturated heterocycles. The van der Waals surface area contributed by atoms with E-state index in [9.17, 15) is 4.79 Å². The Bertz CT molecular complexity index is 633. The minimum Gasteiger partial charge on any atom is -0.489 e. The smallest absolute Gasteiger partial charge is 0.286 e. The zero-order valence-electron chi connectivity index (χ0n) is 11.6. The van der Waals surface area contributed by atoms with Crippen LogP contribution in [0.3, 0.4) is 0 Å². The third-order valence-corrected chi connectivity index (χ3v) is 3.54. The second kappa shape index (κ2) is 7.35. The van der Waals surface area contributed by atoms with Crippen LogP contribution >= 0.6 is 22.9 Å². The molecule has 8 heteroatoms. The van der Waals surface area contributed by atoms with Crippen molar-refractivity contribution in [3.05, 3.63) is 33.2 Å². The summed E-state index contributed by atoms with van der Waals surface area (Å²) in [7, 11) is 1.60. The van der Waals surface area contributed by atoms with Gasteiger partial charge < -0.3 is 14.8 Å². The highest BCUT2D eigenvalue weighted by molar-refractivity contribution is 7.17. The average Bonchev–Trinajstić information content (AvgIpc) is 2.88. The van der Waals surface area contributed by atoms with Crippen LogP contribution in [0.2, 0.25) is 4.47 Å². The lowest BCUT2D eigenvalue weighted by Gasteiger charge is -2.12. The number of hydrogen-bond acceptors (Lipinski definition) is 6. The number of nitrogens with one attached hydrogen (secondary N) is 1. The Hall–Kier alpha value is -1.70. The third-order valence-electron chi connectivity index (χ3n) is 2.52. The van der Waals surface area contributed by atoms with Gasteiger partial charge in [-0.3, -0.25) is 4.79 Å². The van der Waals surface area contributed by atoms with Crippen molar-refractivity contribution in [2.45, 2.75) is 6.92 Å². The van der Waals surface area contributed by atoms with Crippen molar-refractivity contribution in [3.63, 3.8) is 0 Å². The number of ether oxygens (including phenoxy) is 2. The summed E-state index contributed by atoms with van der Waals surface area (Å²) in [6.45, 7) is 2.81. The summed E-state index contributed by atoms with van der Waals surface area (Å²) < 4.78 is 10.8. The van der Waals surface area contributed by atoms with Crippen LogP contribution < -0.4 is 10.1 Å². The Morgan fingerprint density at radius 2 is 2.19 bits per heavy atom. The lowest BCUT2D eigenvalue weighted by atomic mass is 10.2. The van der Waals surface area contributed by atoms with Crippen LogP contribution in [0.25, 0.3) is 0 Å². The monoisotopic (exact) mass is 327 g/mol. The number of nitrogens with zero attached hydrogens (tertiary/aromatic N) is 2. The molecule has 2 rings (SSSR count). The van der Waals surface area contributed by atoms with E-state index in [1.165, 1.54) is 0 Å². The van der Waals surface area contributed by atoms with Crippen LogP contribution in [0.1, 0.15) is 15.4 Å². The molecule has 0 atom stereocenters. The Kier molecular flexibility index (Phi) is 5.49. The summed E-state index contributed by atoms with van der Waals surface area (Å²) in [6, 6.07) is 5.50. The number of methoxy groups -OCH3 is 1. The summed E-state index contributed by atoms with van der Waals surface area (Å²) in [4.78, 5) is 12.1. The molecule has 1 N–H and O–H groups in total. The van der Waals surface area contributed by atoms with Gasteiger partial charge in [0.1, 0.15) is 12.4 Å². The molecule has 1 aromatic carbocycles. The van der Waals surface area contributed by atoms with Gasteiger partial charge in [-0.2, -0.15) is 0 Å². The van der Waals surface area contributed by atoms with Gasteiger partial charge in [-0.05, 0) is 36.2 Å². The van der Waals surface area contributed by atoms with Crippen LogP contribution in [0.5, 0.6) is 5.75 Å². The lowest BCUT2D eigenvalue weighted by Crippen LogP contribution is -2.13. The number of hydrogen-bond donors (Lipinski definition) is 1. The summed E-state index contributed by atoms with van der Waals surface area (Å²) in [5.41, 5.74) is 1.59. The van der Waals surface area contributed by atoms with E-state index in [1.807, 2.05) is 19.1 Å². The molecule has 2 aromatic rings. The molecular formula is C13H14ClN3O3S. The van der Waals surface area contributed by atoms with E-state index in [-0.39, 0.29) is 15.4 Å². The predicted octanol–water partition coefficient (Wildman–Crippen LogP) is 2.78. The molecular weight excluding hydrogens is 314 g/mol. The Morgan fingerprint density at radius 1 is 1.38 bits per heavy atom. The number of rotatable bonds is 6. The predicted molar refractivity (Wildman–Crippen MR) is 81.4 cm³/mol. The maximum Gasteiger partial charge on any atom is 0.286 e. The van der Waals surface area contributed by atoms with Crippen LogP contribution in [-0.2, 0) is 4.74 Å². The molecule has 0 saturated carbocycles. The summed E-state index contributed by atoms with van der Waals surface area (Å²) in [5.74, 6) is 0.204. The number of benzene rings is 1. The molecule has 0 bridgehead atoms. The van der Waals surface area contributed by atoms with Gasteiger partial charge in [0.05, 0.1) is 12.3 Å². The highest BCUT2D eigenvalue weighted by Gasteiger charge is 2.14. The summed E-state index contributed by atoms with van der Waals surface area (Å²) in [5, 5.41) is 10.2. The number of amides is 1. The maximum atomic E-state index is 12.1. The van der Waals surface area contributed by atoms with E-state index in [0.717, 1.165) is 16.9 Å². The van der Waals surface area contributed by atoms with Gasteiger partial charge in [-0.15, -0.1) is 10.2 Å². The fourth-order valence-corrected chi connectivity index (χ4v) is 2.28. The van der Waals surface area contributed by atoms with Gasteiger partial charge in [0, 0.05) is 7.11 Å². The molecule has 0 fully saturated rings. The zero-order chi connectivity index (χ0) is 15.2. The van der Waals surface area contributed by atoms with Crippen molar-refractivity contribution >= 4 is 34.5 Å². The van der Waals surface area contributed by atoms with Crippen LogP contribution in [-0.4, -0.2) is 36.4 Å². The molecule has 1 heterocycles. The molecule has 0 radical (unpaired) electrons. The average molecular weight is 328 g/mol. The standard InChI is InChI=1S/C13H14ClN3O3S/c1-8-3-4-9(10(7-8)20-6-5-19-2)15-11(18)12-16-17-13(14)21-12/h3-4,7H,5-6H2,1-2H3,(H,15,18). The van der Waals surface area contributed by atoms with Gasteiger partial charge in [-0.1, -0.05) is 17.4 Å². The Labute approximate surface area is 131 Å². The van der Waals surface area contributed by atoms with Gasteiger partial charge in [0.15, 0.2) is 0 Å². The van der Waals surface area contributed by atoms with E-state index < -0.39 is 0 Å². The topological polar surface area (TPSA) is 73.3 Å². The van der Waals surface area contributed by atoms with Gasteiger partial charge >= 0.3 is 0 Å². The zero-order valence-corrected chi connectivity index (χ0v) is 13.1. The highest BCUT2D eigenvalue weighted by Crippen LogP contribution is 2.27. The van der Waals surface area contributed by atoms with E-state index in [1.54, 1.807) is 13.2 Å². The fraction of sp³-hybridized carbons (Fsp3) is 0.308. The summed E-state index contributed by atoms with van der Waals surface area (Å²) >= 11 is 6.69. The van der Waals surface area contributed by atoms with Crippen LogP contribution in [0, 0.1) is 6.92 Å². The fourth-order valence-electron chi connectivity index (χ4n) is 1.56. The number of carbonyl (C=O) groups is 1. The second-order valence-corrected chi connectivity index (χ2v) is 5.71.